The number of carbonyl (C=O) groups excluding carboxylic acids is 1. The lowest BCUT2D eigenvalue weighted by Crippen LogP contribution is -2.06. The molecular weight excluding hydrogens is 197 g/mol. The Bertz CT molecular complexity index is 432. The van der Waals surface area contributed by atoms with Crippen LogP contribution >= 0.6 is 0 Å². The van der Waals surface area contributed by atoms with Crippen molar-refractivity contribution >= 4 is 11.6 Å². The van der Waals surface area contributed by atoms with Gasteiger partial charge in [0.05, 0.1) is 5.56 Å². The zero-order valence-corrected chi connectivity index (χ0v) is 8.17. The molecule has 0 fully saturated rings. The standard InChI is InChI=1S/C11H10FNO2/c1-8(15)13-10-5-4-9(3-2-6-14)11(12)7-10/h4-5,7,14H,6H2,1H3,(H,13,15). The molecule has 1 aromatic carbocycles. The first-order chi connectivity index (χ1) is 7.13. The third kappa shape index (κ3) is 3.41. The van der Waals surface area contributed by atoms with Gasteiger partial charge in [0, 0.05) is 12.6 Å². The summed E-state index contributed by atoms with van der Waals surface area (Å²) in [5.41, 5.74) is 0.577. The smallest absolute Gasteiger partial charge is 0.221 e. The summed E-state index contributed by atoms with van der Waals surface area (Å²) in [6.45, 7) is 1.03. The van der Waals surface area contributed by atoms with Crippen molar-refractivity contribution in [3.63, 3.8) is 0 Å². The van der Waals surface area contributed by atoms with Crippen LogP contribution in [-0.2, 0) is 4.79 Å². The van der Waals surface area contributed by atoms with Crippen molar-refractivity contribution in [3.05, 3.63) is 29.6 Å². The first-order valence-corrected chi connectivity index (χ1v) is 4.30. The van der Waals surface area contributed by atoms with E-state index in [0.29, 0.717) is 5.69 Å². The second kappa shape index (κ2) is 5.13. The van der Waals surface area contributed by atoms with Crippen LogP contribution in [0.5, 0.6) is 0 Å². The van der Waals surface area contributed by atoms with E-state index in [4.69, 9.17) is 5.11 Å². The van der Waals surface area contributed by atoms with Crippen LogP contribution in [0.3, 0.4) is 0 Å². The van der Waals surface area contributed by atoms with Crippen molar-refractivity contribution in [2.75, 3.05) is 11.9 Å². The molecule has 2 N–H and O–H groups in total. The largest absolute Gasteiger partial charge is 0.384 e. The molecule has 0 atom stereocenters. The van der Waals surface area contributed by atoms with Gasteiger partial charge in [-0.2, -0.15) is 0 Å². The molecule has 15 heavy (non-hydrogen) atoms. The summed E-state index contributed by atoms with van der Waals surface area (Å²) in [7, 11) is 0. The SMILES string of the molecule is CC(=O)Nc1ccc(C#CCO)c(F)c1. The van der Waals surface area contributed by atoms with Crippen molar-refractivity contribution < 1.29 is 14.3 Å². The zero-order valence-electron chi connectivity index (χ0n) is 8.17. The Morgan fingerprint density at radius 1 is 1.60 bits per heavy atom. The molecule has 3 nitrogen and oxygen atoms in total. The fourth-order valence-electron chi connectivity index (χ4n) is 1.03. The number of nitrogens with one attached hydrogen (secondary N) is 1. The van der Waals surface area contributed by atoms with E-state index in [-0.39, 0.29) is 18.1 Å². The summed E-state index contributed by atoms with van der Waals surface area (Å²) in [5, 5.41) is 10.9. The Balaban J connectivity index is 2.92. The first kappa shape index (κ1) is 11.2. The van der Waals surface area contributed by atoms with E-state index < -0.39 is 5.82 Å². The molecule has 0 aliphatic rings. The highest BCUT2D eigenvalue weighted by molar-refractivity contribution is 5.88. The van der Waals surface area contributed by atoms with Crippen molar-refractivity contribution in [1.29, 1.82) is 0 Å². The highest BCUT2D eigenvalue weighted by atomic mass is 19.1. The van der Waals surface area contributed by atoms with Gasteiger partial charge in [0.2, 0.25) is 5.91 Å². The molecule has 0 bridgehead atoms. The van der Waals surface area contributed by atoms with E-state index in [1.807, 2.05) is 0 Å². The van der Waals surface area contributed by atoms with Gasteiger partial charge >= 0.3 is 0 Å². The summed E-state index contributed by atoms with van der Waals surface area (Å²) in [5.74, 6) is 4.01. The van der Waals surface area contributed by atoms with Gasteiger partial charge < -0.3 is 10.4 Å². The molecule has 78 valence electrons. The molecule has 0 aliphatic heterocycles. The Labute approximate surface area is 86.9 Å². The molecule has 1 rings (SSSR count). The summed E-state index contributed by atoms with van der Waals surface area (Å²) < 4.78 is 13.3. The summed E-state index contributed by atoms with van der Waals surface area (Å²) in [6.07, 6.45) is 0. The number of rotatable bonds is 1. The maximum absolute atomic E-state index is 13.3. The van der Waals surface area contributed by atoms with E-state index in [0.717, 1.165) is 0 Å². The number of amides is 1. The summed E-state index contributed by atoms with van der Waals surface area (Å²) in [6, 6.07) is 4.18. The van der Waals surface area contributed by atoms with Gasteiger partial charge in [0.25, 0.3) is 0 Å². The van der Waals surface area contributed by atoms with E-state index in [9.17, 15) is 9.18 Å². The fraction of sp³-hybridized carbons (Fsp3) is 0.182. The van der Waals surface area contributed by atoms with Gasteiger partial charge in [0.15, 0.2) is 0 Å². The van der Waals surface area contributed by atoms with Crippen LogP contribution in [0.15, 0.2) is 18.2 Å². The lowest BCUT2D eigenvalue weighted by atomic mass is 10.2. The minimum Gasteiger partial charge on any atom is -0.384 e. The Morgan fingerprint density at radius 3 is 2.87 bits per heavy atom. The highest BCUT2D eigenvalue weighted by Crippen LogP contribution is 2.13. The van der Waals surface area contributed by atoms with Crippen molar-refractivity contribution in [2.45, 2.75) is 6.92 Å². The van der Waals surface area contributed by atoms with Crippen molar-refractivity contribution in [3.8, 4) is 11.8 Å². The second-order valence-electron chi connectivity index (χ2n) is 2.84. The molecular formula is C11H10FNO2. The van der Waals surface area contributed by atoms with Crippen LogP contribution in [0.25, 0.3) is 0 Å². The van der Waals surface area contributed by atoms with E-state index >= 15 is 0 Å². The zero-order chi connectivity index (χ0) is 11.3. The average Bonchev–Trinajstić information content (AvgIpc) is 2.15. The van der Waals surface area contributed by atoms with Crippen molar-refractivity contribution in [1.82, 2.24) is 0 Å². The molecule has 1 aromatic rings. The normalized spacial score (nSPS) is 9.00. The molecule has 1 amide bonds. The number of carbonyl (C=O) groups is 1. The predicted molar refractivity (Wildman–Crippen MR) is 54.7 cm³/mol. The Kier molecular flexibility index (Phi) is 3.83. The minimum atomic E-state index is -0.526. The number of hydrogen-bond acceptors (Lipinski definition) is 2. The first-order valence-electron chi connectivity index (χ1n) is 4.30. The van der Waals surface area contributed by atoms with Gasteiger partial charge in [-0.3, -0.25) is 4.79 Å². The highest BCUT2D eigenvalue weighted by Gasteiger charge is 2.01. The lowest BCUT2D eigenvalue weighted by molar-refractivity contribution is -0.114. The molecule has 0 unspecified atom stereocenters. The molecule has 4 heteroatoms. The van der Waals surface area contributed by atoms with Crippen LogP contribution in [0, 0.1) is 17.7 Å². The third-order valence-corrected chi connectivity index (χ3v) is 1.59. The fourth-order valence-corrected chi connectivity index (χ4v) is 1.03. The van der Waals surface area contributed by atoms with Crippen LogP contribution in [0.1, 0.15) is 12.5 Å². The van der Waals surface area contributed by atoms with Gasteiger partial charge in [-0.25, -0.2) is 4.39 Å². The Hall–Kier alpha value is -1.86. The number of benzene rings is 1. The van der Waals surface area contributed by atoms with Gasteiger partial charge in [-0.1, -0.05) is 11.8 Å². The molecule has 0 saturated carbocycles. The number of aliphatic hydroxyl groups is 1. The molecule has 0 radical (unpaired) electrons. The molecule has 0 saturated heterocycles. The molecule has 0 spiro atoms. The number of halogens is 1. The average molecular weight is 207 g/mol. The molecule has 0 heterocycles. The quantitative estimate of drug-likeness (QED) is 0.678. The predicted octanol–water partition coefficient (Wildman–Crippen LogP) is 1.13. The molecule has 0 aromatic heterocycles. The monoisotopic (exact) mass is 207 g/mol. The summed E-state index contributed by atoms with van der Waals surface area (Å²) >= 11 is 0. The number of aliphatic hydroxyl groups excluding tert-OH is 1. The van der Waals surface area contributed by atoms with Gasteiger partial charge in [-0.05, 0) is 18.2 Å². The van der Waals surface area contributed by atoms with Crippen LogP contribution in [0.4, 0.5) is 10.1 Å². The lowest BCUT2D eigenvalue weighted by Gasteiger charge is -2.02. The van der Waals surface area contributed by atoms with Gasteiger partial charge in [-0.15, -0.1) is 0 Å². The topological polar surface area (TPSA) is 49.3 Å². The summed E-state index contributed by atoms with van der Waals surface area (Å²) in [4.78, 5) is 10.7. The third-order valence-electron chi connectivity index (χ3n) is 1.59. The molecule has 0 aliphatic carbocycles. The van der Waals surface area contributed by atoms with E-state index in [1.165, 1.54) is 19.1 Å². The maximum atomic E-state index is 13.3. The number of hydrogen-bond donors (Lipinski definition) is 2. The minimum absolute atomic E-state index is 0.193. The maximum Gasteiger partial charge on any atom is 0.221 e. The van der Waals surface area contributed by atoms with Crippen molar-refractivity contribution in [2.24, 2.45) is 0 Å². The Morgan fingerprint density at radius 2 is 2.33 bits per heavy atom. The second-order valence-corrected chi connectivity index (χ2v) is 2.84. The van der Waals surface area contributed by atoms with Gasteiger partial charge in [0.1, 0.15) is 12.4 Å². The van der Waals surface area contributed by atoms with E-state index in [2.05, 4.69) is 17.2 Å². The van der Waals surface area contributed by atoms with E-state index in [1.54, 1.807) is 6.07 Å². The van der Waals surface area contributed by atoms with Crippen LogP contribution in [0.2, 0.25) is 0 Å². The number of anilines is 1. The van der Waals surface area contributed by atoms with Crippen LogP contribution in [-0.4, -0.2) is 17.6 Å². The van der Waals surface area contributed by atoms with Crippen LogP contribution < -0.4 is 5.32 Å².